The maximum atomic E-state index is 11.7. The number of nitrogens with one attached hydrogen (secondary N) is 2. The molecule has 1 unspecified atom stereocenters. The first-order valence-electron chi connectivity index (χ1n) is 6.35. The predicted octanol–water partition coefficient (Wildman–Crippen LogP) is 2.38. The summed E-state index contributed by atoms with van der Waals surface area (Å²) in [6.07, 6.45) is 0. The van der Waals surface area contributed by atoms with Crippen LogP contribution in [-0.4, -0.2) is 28.1 Å². The molecule has 0 radical (unpaired) electrons. The van der Waals surface area contributed by atoms with E-state index < -0.39 is 5.97 Å². The van der Waals surface area contributed by atoms with Crippen molar-refractivity contribution in [2.75, 3.05) is 0 Å². The van der Waals surface area contributed by atoms with Crippen LogP contribution in [0.15, 0.2) is 0 Å². The lowest BCUT2D eigenvalue weighted by Crippen LogP contribution is -2.46. The van der Waals surface area contributed by atoms with Crippen LogP contribution in [0.4, 0.5) is 4.79 Å². The van der Waals surface area contributed by atoms with Crippen LogP contribution >= 0.6 is 11.3 Å². The molecule has 0 aliphatic rings. The largest absolute Gasteiger partial charge is 0.477 e. The van der Waals surface area contributed by atoms with E-state index in [4.69, 9.17) is 5.11 Å². The van der Waals surface area contributed by atoms with E-state index in [0.29, 0.717) is 10.7 Å². The number of thiazole rings is 1. The zero-order chi connectivity index (χ0) is 15.5. The number of aromatic nitrogens is 1. The Bertz CT molecular complexity index is 505. The van der Waals surface area contributed by atoms with Gasteiger partial charge in [0.2, 0.25) is 0 Å². The van der Waals surface area contributed by atoms with Gasteiger partial charge in [-0.3, -0.25) is 0 Å². The fourth-order valence-corrected chi connectivity index (χ4v) is 2.19. The van der Waals surface area contributed by atoms with Crippen LogP contribution in [0.1, 0.15) is 48.1 Å². The topological polar surface area (TPSA) is 91.3 Å². The van der Waals surface area contributed by atoms with Gasteiger partial charge in [-0.1, -0.05) is 20.8 Å². The zero-order valence-electron chi connectivity index (χ0n) is 12.4. The molecule has 0 saturated carbocycles. The summed E-state index contributed by atoms with van der Waals surface area (Å²) in [4.78, 5) is 27.0. The average molecular weight is 299 g/mol. The van der Waals surface area contributed by atoms with Gasteiger partial charge in [0.1, 0.15) is 9.88 Å². The summed E-state index contributed by atoms with van der Waals surface area (Å²) in [6.45, 7) is 9.94. The number of hydrogen-bond acceptors (Lipinski definition) is 4. The van der Waals surface area contributed by atoms with Gasteiger partial charge in [-0.15, -0.1) is 11.3 Å². The minimum Gasteiger partial charge on any atom is -0.477 e. The van der Waals surface area contributed by atoms with E-state index in [2.05, 4.69) is 15.6 Å². The van der Waals surface area contributed by atoms with Crippen molar-refractivity contribution >= 4 is 23.3 Å². The number of amides is 2. The van der Waals surface area contributed by atoms with Gasteiger partial charge >= 0.3 is 12.0 Å². The van der Waals surface area contributed by atoms with E-state index in [-0.39, 0.29) is 28.9 Å². The van der Waals surface area contributed by atoms with Crippen LogP contribution in [0.2, 0.25) is 0 Å². The number of rotatable bonds is 4. The molecular formula is C13H21N3O3S. The number of aryl methyl sites for hydroxylation is 1. The SMILES string of the molecule is Cc1nc(CNC(=O)NC(C)C(C)(C)C)sc1C(=O)O. The summed E-state index contributed by atoms with van der Waals surface area (Å²) in [5.74, 6) is -0.989. The van der Waals surface area contributed by atoms with Crippen LogP contribution < -0.4 is 10.6 Å². The van der Waals surface area contributed by atoms with Crippen LogP contribution in [0.25, 0.3) is 0 Å². The Morgan fingerprint density at radius 1 is 1.40 bits per heavy atom. The molecule has 1 aromatic heterocycles. The molecule has 0 bridgehead atoms. The highest BCUT2D eigenvalue weighted by Crippen LogP contribution is 2.19. The van der Waals surface area contributed by atoms with Gasteiger partial charge in [-0.25, -0.2) is 14.6 Å². The number of carboxylic acid groups (broad SMARTS) is 1. The van der Waals surface area contributed by atoms with Gasteiger partial charge in [0.25, 0.3) is 0 Å². The van der Waals surface area contributed by atoms with Crippen molar-refractivity contribution in [1.29, 1.82) is 0 Å². The van der Waals surface area contributed by atoms with Crippen LogP contribution in [0.5, 0.6) is 0 Å². The number of urea groups is 1. The number of aromatic carboxylic acids is 1. The van der Waals surface area contributed by atoms with E-state index in [1.807, 2.05) is 27.7 Å². The standard InChI is InChI=1S/C13H21N3O3S/c1-7-10(11(17)18)20-9(15-7)6-14-12(19)16-8(2)13(3,4)5/h8H,6H2,1-5H3,(H,17,18)(H2,14,16,19). The second-order valence-electron chi connectivity index (χ2n) is 5.74. The minimum atomic E-state index is -0.989. The van der Waals surface area contributed by atoms with Crippen LogP contribution in [-0.2, 0) is 6.54 Å². The van der Waals surface area contributed by atoms with Gasteiger partial charge in [-0.05, 0) is 19.3 Å². The molecule has 0 saturated heterocycles. The second kappa shape index (κ2) is 6.21. The molecule has 1 atom stereocenters. The molecule has 0 spiro atoms. The molecule has 0 aliphatic heterocycles. The molecule has 0 fully saturated rings. The molecule has 0 aromatic carbocycles. The molecule has 112 valence electrons. The summed E-state index contributed by atoms with van der Waals surface area (Å²) >= 11 is 1.08. The van der Waals surface area contributed by atoms with Crippen LogP contribution in [0.3, 0.4) is 0 Å². The van der Waals surface area contributed by atoms with Crippen molar-refractivity contribution in [2.45, 2.75) is 47.2 Å². The van der Waals surface area contributed by atoms with E-state index in [0.717, 1.165) is 11.3 Å². The Hall–Kier alpha value is -1.63. The van der Waals surface area contributed by atoms with E-state index in [9.17, 15) is 9.59 Å². The number of carbonyl (C=O) groups excluding carboxylic acids is 1. The third-order valence-corrected chi connectivity index (χ3v) is 4.23. The average Bonchev–Trinajstić information content (AvgIpc) is 2.66. The molecule has 1 heterocycles. The lowest BCUT2D eigenvalue weighted by atomic mass is 9.88. The molecule has 6 nitrogen and oxygen atoms in total. The monoisotopic (exact) mass is 299 g/mol. The Morgan fingerprint density at radius 3 is 2.45 bits per heavy atom. The first-order valence-corrected chi connectivity index (χ1v) is 7.17. The molecule has 20 heavy (non-hydrogen) atoms. The normalized spacial score (nSPS) is 12.8. The predicted molar refractivity (Wildman–Crippen MR) is 78.1 cm³/mol. The van der Waals surface area contributed by atoms with Gasteiger partial charge in [-0.2, -0.15) is 0 Å². The van der Waals surface area contributed by atoms with Crippen molar-refractivity contribution in [3.63, 3.8) is 0 Å². The fourth-order valence-electron chi connectivity index (χ4n) is 1.35. The zero-order valence-corrected chi connectivity index (χ0v) is 13.2. The smallest absolute Gasteiger partial charge is 0.347 e. The van der Waals surface area contributed by atoms with E-state index in [1.165, 1.54) is 0 Å². The lowest BCUT2D eigenvalue weighted by Gasteiger charge is -2.27. The van der Waals surface area contributed by atoms with Crippen molar-refractivity contribution in [2.24, 2.45) is 5.41 Å². The number of hydrogen-bond donors (Lipinski definition) is 3. The number of carboxylic acids is 1. The van der Waals surface area contributed by atoms with Crippen molar-refractivity contribution in [1.82, 2.24) is 15.6 Å². The summed E-state index contributed by atoms with van der Waals surface area (Å²) in [5.41, 5.74) is 0.453. The summed E-state index contributed by atoms with van der Waals surface area (Å²) < 4.78 is 0. The molecule has 0 aliphatic carbocycles. The third-order valence-electron chi connectivity index (χ3n) is 3.08. The first kappa shape index (κ1) is 16.4. The molecule has 3 N–H and O–H groups in total. The Balaban J connectivity index is 2.53. The number of carbonyl (C=O) groups is 2. The van der Waals surface area contributed by atoms with Crippen LogP contribution in [0, 0.1) is 12.3 Å². The quantitative estimate of drug-likeness (QED) is 0.796. The van der Waals surface area contributed by atoms with Gasteiger partial charge in [0, 0.05) is 6.04 Å². The highest BCUT2D eigenvalue weighted by molar-refractivity contribution is 7.13. The van der Waals surface area contributed by atoms with Crippen molar-refractivity contribution in [3.05, 3.63) is 15.6 Å². The van der Waals surface area contributed by atoms with Gasteiger partial charge in [0.15, 0.2) is 0 Å². The van der Waals surface area contributed by atoms with Gasteiger partial charge in [0.05, 0.1) is 12.2 Å². The lowest BCUT2D eigenvalue weighted by molar-refractivity contribution is 0.0701. The fraction of sp³-hybridized carbons (Fsp3) is 0.615. The van der Waals surface area contributed by atoms with E-state index in [1.54, 1.807) is 6.92 Å². The van der Waals surface area contributed by atoms with Gasteiger partial charge < -0.3 is 15.7 Å². The molecule has 2 amide bonds. The summed E-state index contributed by atoms with van der Waals surface area (Å²) in [7, 11) is 0. The highest BCUT2D eigenvalue weighted by Gasteiger charge is 2.21. The maximum absolute atomic E-state index is 11.7. The highest BCUT2D eigenvalue weighted by atomic mass is 32.1. The Labute approximate surface area is 122 Å². The summed E-state index contributed by atoms with van der Waals surface area (Å²) in [5, 5.41) is 15.0. The Kier molecular flexibility index (Phi) is 5.10. The van der Waals surface area contributed by atoms with E-state index >= 15 is 0 Å². The minimum absolute atomic E-state index is 0.0222. The second-order valence-corrected chi connectivity index (χ2v) is 6.83. The Morgan fingerprint density at radius 2 is 2.00 bits per heavy atom. The molecular weight excluding hydrogens is 278 g/mol. The molecule has 1 aromatic rings. The third kappa shape index (κ3) is 4.48. The summed E-state index contributed by atoms with van der Waals surface area (Å²) in [6, 6.07) is -0.257. The van der Waals surface area contributed by atoms with Crippen molar-refractivity contribution < 1.29 is 14.7 Å². The molecule has 1 rings (SSSR count). The first-order chi connectivity index (χ1) is 9.11. The van der Waals surface area contributed by atoms with Crippen molar-refractivity contribution in [3.8, 4) is 0 Å². The molecule has 7 heteroatoms. The maximum Gasteiger partial charge on any atom is 0.347 e. The number of nitrogens with zero attached hydrogens (tertiary/aromatic N) is 1.